The van der Waals surface area contributed by atoms with Crippen LogP contribution in [-0.4, -0.2) is 63.3 Å². The molecule has 3 aromatic heterocycles. The van der Waals surface area contributed by atoms with Crippen molar-refractivity contribution in [1.82, 2.24) is 40.5 Å². The lowest BCUT2D eigenvalue weighted by Gasteiger charge is -2.25. The number of carbonyl (C=O) groups is 2. The molecule has 1 saturated carbocycles. The summed E-state index contributed by atoms with van der Waals surface area (Å²) in [5.74, 6) is 0.451. The highest BCUT2D eigenvalue weighted by molar-refractivity contribution is 5.97. The highest BCUT2D eigenvalue weighted by Crippen LogP contribution is 2.37. The molecule has 290 valence electrons. The smallest absolute Gasteiger partial charge is 0.326 e. The molecule has 0 radical (unpaired) electrons. The van der Waals surface area contributed by atoms with Gasteiger partial charge in [0.2, 0.25) is 5.82 Å². The molecule has 8 aromatic rings. The molecule has 9 rings (SSSR count). The first-order chi connectivity index (χ1) is 28.4. The van der Waals surface area contributed by atoms with E-state index in [4.69, 9.17) is 9.72 Å². The summed E-state index contributed by atoms with van der Waals surface area (Å²) >= 11 is 0. The third kappa shape index (κ3) is 7.49. The van der Waals surface area contributed by atoms with Crippen molar-refractivity contribution in [2.24, 2.45) is 0 Å². The summed E-state index contributed by atoms with van der Waals surface area (Å²) in [5, 5.41) is 38.6. The van der Waals surface area contributed by atoms with Crippen LogP contribution in [0.4, 0.5) is 0 Å². The number of phenols is 1. The van der Waals surface area contributed by atoms with Crippen molar-refractivity contribution in [3.8, 4) is 45.4 Å². The topological polar surface area (TPSA) is 184 Å². The number of imidazole rings is 1. The summed E-state index contributed by atoms with van der Waals surface area (Å²) in [5.41, 5.74) is 7.78. The van der Waals surface area contributed by atoms with Gasteiger partial charge in [-0.05, 0) is 119 Å². The van der Waals surface area contributed by atoms with Crippen LogP contribution >= 0.6 is 0 Å². The number of amides is 1. The van der Waals surface area contributed by atoms with E-state index in [-0.39, 0.29) is 24.3 Å². The molecule has 1 unspecified atom stereocenters. The highest BCUT2D eigenvalue weighted by atomic mass is 16.5. The lowest BCUT2D eigenvalue weighted by molar-refractivity contribution is -0.139. The molecule has 5 aromatic carbocycles. The Bertz CT molecular complexity index is 2720. The number of tetrazole rings is 1. The molecule has 0 aliphatic heterocycles. The van der Waals surface area contributed by atoms with Crippen LogP contribution in [0.25, 0.3) is 55.8 Å². The number of carbonyl (C=O) groups excluding carboxylic acids is 1. The zero-order valence-electron chi connectivity index (χ0n) is 31.4. The van der Waals surface area contributed by atoms with Gasteiger partial charge in [-0.3, -0.25) is 4.79 Å². The van der Waals surface area contributed by atoms with Crippen LogP contribution in [-0.2, 0) is 17.8 Å². The molecule has 58 heavy (non-hydrogen) atoms. The summed E-state index contributed by atoms with van der Waals surface area (Å²) in [6.45, 7) is 0.0995. The predicted octanol–water partition coefficient (Wildman–Crippen LogP) is 8.25. The van der Waals surface area contributed by atoms with Crippen molar-refractivity contribution < 1.29 is 24.5 Å². The van der Waals surface area contributed by atoms with Crippen LogP contribution in [0.5, 0.6) is 11.5 Å². The molecular weight excluding hydrogens is 733 g/mol. The van der Waals surface area contributed by atoms with Gasteiger partial charge in [-0.2, -0.15) is 5.21 Å². The largest absolute Gasteiger partial charge is 0.508 e. The fourth-order valence-corrected chi connectivity index (χ4v) is 8.01. The van der Waals surface area contributed by atoms with Crippen LogP contribution < -0.4 is 10.1 Å². The molecule has 5 N–H and O–H groups in total. The average Bonchev–Trinajstić information content (AvgIpc) is 4.02. The third-order valence-corrected chi connectivity index (χ3v) is 10.9. The Morgan fingerprint density at radius 3 is 2.47 bits per heavy atom. The molecule has 0 spiro atoms. The van der Waals surface area contributed by atoms with Crippen molar-refractivity contribution in [2.45, 2.75) is 57.2 Å². The summed E-state index contributed by atoms with van der Waals surface area (Å²) < 4.78 is 8.73. The lowest BCUT2D eigenvalue weighted by Crippen LogP contribution is -2.42. The van der Waals surface area contributed by atoms with Crippen molar-refractivity contribution in [2.75, 3.05) is 0 Å². The predicted molar refractivity (Wildman–Crippen MR) is 219 cm³/mol. The third-order valence-electron chi connectivity index (χ3n) is 10.9. The van der Waals surface area contributed by atoms with E-state index in [1.165, 1.54) is 19.3 Å². The van der Waals surface area contributed by atoms with Crippen LogP contribution in [0.3, 0.4) is 0 Å². The Morgan fingerprint density at radius 1 is 0.862 bits per heavy atom. The van der Waals surface area contributed by atoms with E-state index in [9.17, 15) is 19.8 Å². The fourth-order valence-electron chi connectivity index (χ4n) is 8.01. The minimum absolute atomic E-state index is 0.0846. The maximum atomic E-state index is 13.6. The SMILES string of the molecule is O=C(NC(Cc1cc2ccccc2[nH]1)C(=O)O)c1ccc(-c2cccc(O)c2)c(COc2ccc(-c3nc4cc(-c5nn[nH]n5)ccc4n3C3CCCCC3)cc2)c1. The molecule has 1 fully saturated rings. The number of aromatic nitrogens is 7. The summed E-state index contributed by atoms with van der Waals surface area (Å²) in [7, 11) is 0. The highest BCUT2D eigenvalue weighted by Gasteiger charge is 2.25. The van der Waals surface area contributed by atoms with E-state index in [0.29, 0.717) is 28.9 Å². The van der Waals surface area contributed by atoms with Gasteiger partial charge in [-0.1, -0.05) is 55.7 Å². The van der Waals surface area contributed by atoms with E-state index in [1.54, 1.807) is 36.4 Å². The van der Waals surface area contributed by atoms with Gasteiger partial charge in [0.15, 0.2) is 0 Å². The number of para-hydroxylation sites is 1. The van der Waals surface area contributed by atoms with Gasteiger partial charge in [0.05, 0.1) is 11.0 Å². The Labute approximate surface area is 332 Å². The summed E-state index contributed by atoms with van der Waals surface area (Å²) in [6, 6.07) is 34.7. The zero-order chi connectivity index (χ0) is 39.6. The van der Waals surface area contributed by atoms with Crippen LogP contribution in [0, 0.1) is 0 Å². The molecule has 3 heterocycles. The first-order valence-corrected chi connectivity index (χ1v) is 19.4. The van der Waals surface area contributed by atoms with Gasteiger partial charge < -0.3 is 29.8 Å². The van der Waals surface area contributed by atoms with E-state index in [0.717, 1.165) is 62.9 Å². The number of H-pyrrole nitrogens is 2. The number of carboxylic acid groups (broad SMARTS) is 1. The van der Waals surface area contributed by atoms with Crippen molar-refractivity contribution in [3.63, 3.8) is 0 Å². The summed E-state index contributed by atoms with van der Waals surface area (Å²) in [4.78, 5) is 34.3. The minimum Gasteiger partial charge on any atom is -0.508 e. The van der Waals surface area contributed by atoms with Crippen molar-refractivity contribution >= 4 is 33.8 Å². The van der Waals surface area contributed by atoms with Crippen molar-refractivity contribution in [3.05, 3.63) is 132 Å². The Balaban J connectivity index is 0.974. The van der Waals surface area contributed by atoms with Gasteiger partial charge >= 0.3 is 5.97 Å². The second-order valence-corrected chi connectivity index (χ2v) is 14.7. The number of benzene rings is 5. The number of ether oxygens (including phenoxy) is 1. The number of nitrogens with one attached hydrogen (secondary N) is 3. The second-order valence-electron chi connectivity index (χ2n) is 14.7. The normalized spacial score (nSPS) is 13.8. The van der Waals surface area contributed by atoms with E-state index in [2.05, 4.69) is 41.6 Å². The number of hydrogen-bond acceptors (Lipinski definition) is 8. The average molecular weight is 773 g/mol. The molecule has 1 atom stereocenters. The Kier molecular flexibility index (Phi) is 9.84. The number of carboxylic acids is 1. The monoisotopic (exact) mass is 772 g/mol. The number of nitrogens with zero attached hydrogens (tertiary/aromatic N) is 5. The second kappa shape index (κ2) is 15.7. The van der Waals surface area contributed by atoms with Gasteiger partial charge in [0.1, 0.15) is 30.0 Å². The molecule has 1 aliphatic rings. The molecular formula is C45H40N8O5. The van der Waals surface area contributed by atoms with Gasteiger partial charge in [-0.25, -0.2) is 9.78 Å². The van der Waals surface area contributed by atoms with E-state index in [1.807, 2.05) is 72.8 Å². The number of fused-ring (bicyclic) bond motifs is 2. The number of aromatic hydroxyl groups is 1. The van der Waals surface area contributed by atoms with Crippen LogP contribution in [0.2, 0.25) is 0 Å². The Morgan fingerprint density at radius 2 is 1.69 bits per heavy atom. The first kappa shape index (κ1) is 36.4. The molecule has 1 aliphatic carbocycles. The minimum atomic E-state index is -1.16. The molecule has 13 heteroatoms. The van der Waals surface area contributed by atoms with Crippen LogP contribution in [0.15, 0.2) is 115 Å². The quantitative estimate of drug-likeness (QED) is 0.0816. The fraction of sp³-hybridized carbons (Fsp3) is 0.200. The molecule has 0 saturated heterocycles. The number of hydrogen-bond donors (Lipinski definition) is 5. The standard InChI is InChI=1S/C45H40N8O5/c54-35-11-6-8-28(23-35)37-19-15-31(44(55)48-40(45(56)57)25-33-22-29-7-4-5-12-38(29)46-33)21-32(37)26-58-36-17-13-27(14-18-36)43-47-39-24-30(42-49-51-52-50-42)16-20-41(39)53(43)34-9-2-1-3-10-34/h4-8,11-24,34,40,46,54H,1-3,9-10,25-26H2,(H,48,55)(H,56,57)(H,49,50,51,52). The van der Waals surface area contributed by atoms with E-state index < -0.39 is 17.9 Å². The zero-order valence-corrected chi connectivity index (χ0v) is 31.4. The van der Waals surface area contributed by atoms with Gasteiger partial charge in [0.25, 0.3) is 5.91 Å². The molecule has 13 nitrogen and oxygen atoms in total. The molecule has 0 bridgehead atoms. The maximum absolute atomic E-state index is 13.6. The maximum Gasteiger partial charge on any atom is 0.326 e. The number of phenolic OH excluding ortho intramolecular Hbond substituents is 1. The number of aromatic amines is 2. The first-order valence-electron chi connectivity index (χ1n) is 19.4. The summed E-state index contributed by atoms with van der Waals surface area (Å²) in [6.07, 6.45) is 5.85. The van der Waals surface area contributed by atoms with Gasteiger partial charge in [0, 0.05) is 40.4 Å². The van der Waals surface area contributed by atoms with Gasteiger partial charge in [-0.15, -0.1) is 10.2 Å². The Hall–Kier alpha value is -7.28. The van der Waals surface area contributed by atoms with Crippen LogP contribution in [0.1, 0.15) is 59.8 Å². The van der Waals surface area contributed by atoms with E-state index >= 15 is 0 Å². The number of rotatable bonds is 12. The molecule has 1 amide bonds. The number of aliphatic carboxylic acids is 1. The van der Waals surface area contributed by atoms with Crippen molar-refractivity contribution in [1.29, 1.82) is 0 Å². The lowest BCUT2D eigenvalue weighted by atomic mass is 9.95.